The van der Waals surface area contributed by atoms with E-state index in [9.17, 15) is 5.11 Å². The van der Waals surface area contributed by atoms with Crippen LogP contribution in [0.5, 0.6) is 0 Å². The molecule has 0 aliphatic carbocycles. The topological polar surface area (TPSA) is 120 Å². The van der Waals surface area contributed by atoms with Gasteiger partial charge in [-0.25, -0.2) is 19.6 Å². The second-order valence-electron chi connectivity index (χ2n) is 8.52. The molecule has 9 nitrogen and oxygen atoms in total. The number of rotatable bonds is 6. The predicted octanol–water partition coefficient (Wildman–Crippen LogP) is 4.08. The summed E-state index contributed by atoms with van der Waals surface area (Å²) in [7, 11) is 1.96. The molecule has 0 amide bonds. The Morgan fingerprint density at radius 3 is 2.43 bits per heavy atom. The number of pyridine rings is 1. The van der Waals surface area contributed by atoms with E-state index in [0.29, 0.717) is 11.4 Å². The first kappa shape index (κ1) is 22.3. The van der Waals surface area contributed by atoms with E-state index in [4.69, 9.17) is 5.73 Å². The third-order valence-corrected chi connectivity index (χ3v) is 5.92. The van der Waals surface area contributed by atoms with Crippen LogP contribution in [0, 0.1) is 6.92 Å². The molecule has 1 atom stereocenters. The van der Waals surface area contributed by atoms with Gasteiger partial charge in [0.1, 0.15) is 24.0 Å². The van der Waals surface area contributed by atoms with Crippen LogP contribution in [0.25, 0.3) is 39.2 Å². The van der Waals surface area contributed by atoms with Crippen LogP contribution in [-0.2, 0) is 7.05 Å². The molecule has 4 N–H and O–H groups in total. The maximum atomic E-state index is 10.1. The van der Waals surface area contributed by atoms with E-state index in [1.165, 1.54) is 6.33 Å². The number of aliphatic hydroxyl groups is 1. The van der Waals surface area contributed by atoms with Gasteiger partial charge in [-0.3, -0.25) is 0 Å². The first-order valence-electron chi connectivity index (χ1n) is 11.1. The normalized spacial score (nSPS) is 12.1. The van der Waals surface area contributed by atoms with Gasteiger partial charge >= 0.3 is 0 Å². The van der Waals surface area contributed by atoms with Crippen LogP contribution in [0.1, 0.15) is 12.6 Å². The highest BCUT2D eigenvalue weighted by Gasteiger charge is 2.22. The number of aryl methyl sites for hydroxylation is 2. The van der Waals surface area contributed by atoms with Crippen molar-refractivity contribution in [1.82, 2.24) is 29.3 Å². The number of nitrogens with one attached hydrogen (secondary N) is 1. The van der Waals surface area contributed by atoms with Crippen molar-refractivity contribution in [1.29, 1.82) is 0 Å². The monoisotopic (exact) mass is 466 g/mol. The summed E-state index contributed by atoms with van der Waals surface area (Å²) in [6.45, 7) is 7.49. The summed E-state index contributed by atoms with van der Waals surface area (Å²) in [4.78, 5) is 13.4. The Morgan fingerprint density at radius 2 is 1.80 bits per heavy atom. The lowest BCUT2D eigenvalue weighted by Crippen LogP contribution is -2.19. The van der Waals surface area contributed by atoms with Gasteiger partial charge < -0.3 is 20.7 Å². The summed E-state index contributed by atoms with van der Waals surface area (Å²) >= 11 is 0. The zero-order valence-electron chi connectivity index (χ0n) is 19.8. The van der Waals surface area contributed by atoms with Gasteiger partial charge in [-0.1, -0.05) is 18.7 Å². The fourth-order valence-corrected chi connectivity index (χ4v) is 4.11. The Labute approximate surface area is 202 Å². The SMILES string of the molecule is C=C(C)C(O)Nc1ccc(-c2c(-c3ccc(-n4ccc(C)n4)nc3)c3c(N)ncnc3n2C)cc1. The predicted molar refractivity (Wildman–Crippen MR) is 138 cm³/mol. The van der Waals surface area contributed by atoms with Crippen LogP contribution in [0.3, 0.4) is 0 Å². The minimum atomic E-state index is -0.813. The van der Waals surface area contributed by atoms with Crippen molar-refractivity contribution in [3.8, 4) is 28.2 Å². The van der Waals surface area contributed by atoms with Crippen molar-refractivity contribution in [3.63, 3.8) is 0 Å². The Bertz CT molecular complexity index is 1530. The van der Waals surface area contributed by atoms with Crippen LogP contribution in [0.2, 0.25) is 0 Å². The fraction of sp³-hybridized carbons (Fsp3) is 0.154. The van der Waals surface area contributed by atoms with Crippen LogP contribution < -0.4 is 11.1 Å². The molecule has 1 unspecified atom stereocenters. The first-order valence-corrected chi connectivity index (χ1v) is 11.1. The number of hydrogen-bond acceptors (Lipinski definition) is 7. The number of aliphatic hydroxyl groups excluding tert-OH is 1. The van der Waals surface area contributed by atoms with Crippen molar-refractivity contribution in [2.75, 3.05) is 11.1 Å². The molecule has 4 aromatic heterocycles. The van der Waals surface area contributed by atoms with Gasteiger partial charge in [0.05, 0.1) is 16.8 Å². The van der Waals surface area contributed by atoms with Crippen LogP contribution >= 0.6 is 0 Å². The molecule has 0 saturated heterocycles. The fourth-order valence-electron chi connectivity index (χ4n) is 4.11. The number of anilines is 2. The Balaban J connectivity index is 1.63. The van der Waals surface area contributed by atoms with Crippen LogP contribution in [0.4, 0.5) is 11.5 Å². The molecule has 9 heteroatoms. The average molecular weight is 467 g/mol. The minimum Gasteiger partial charge on any atom is -0.383 e. The minimum absolute atomic E-state index is 0.404. The van der Waals surface area contributed by atoms with Gasteiger partial charge in [0, 0.05) is 36.3 Å². The lowest BCUT2D eigenvalue weighted by atomic mass is 10.00. The molecule has 0 aliphatic heterocycles. The van der Waals surface area contributed by atoms with E-state index in [0.717, 1.165) is 50.6 Å². The highest BCUT2D eigenvalue weighted by molar-refractivity contribution is 6.07. The van der Waals surface area contributed by atoms with E-state index < -0.39 is 6.23 Å². The maximum absolute atomic E-state index is 10.1. The number of aromatic nitrogens is 6. The first-order chi connectivity index (χ1) is 16.8. The van der Waals surface area contributed by atoms with Crippen molar-refractivity contribution in [2.45, 2.75) is 20.1 Å². The van der Waals surface area contributed by atoms with E-state index >= 15 is 0 Å². The number of benzene rings is 1. The van der Waals surface area contributed by atoms with Gasteiger partial charge in [0.25, 0.3) is 0 Å². The maximum Gasteiger partial charge on any atom is 0.153 e. The van der Waals surface area contributed by atoms with Crippen molar-refractivity contribution >= 4 is 22.5 Å². The van der Waals surface area contributed by atoms with Crippen molar-refractivity contribution < 1.29 is 5.11 Å². The van der Waals surface area contributed by atoms with Crippen LogP contribution in [-0.4, -0.2) is 40.6 Å². The Kier molecular flexibility index (Phi) is 5.54. The number of nitrogens with two attached hydrogens (primary N) is 1. The molecule has 0 aliphatic rings. The van der Waals surface area contributed by atoms with Gasteiger partial charge in [0.15, 0.2) is 5.82 Å². The molecule has 5 aromatic rings. The summed E-state index contributed by atoms with van der Waals surface area (Å²) in [6, 6.07) is 13.7. The summed E-state index contributed by atoms with van der Waals surface area (Å²) in [6.07, 6.45) is 4.36. The zero-order chi connectivity index (χ0) is 24.7. The van der Waals surface area contributed by atoms with Crippen LogP contribution in [0.15, 0.2) is 73.3 Å². The van der Waals surface area contributed by atoms with E-state index in [2.05, 4.69) is 31.9 Å². The third-order valence-electron chi connectivity index (χ3n) is 5.92. The van der Waals surface area contributed by atoms with Crippen molar-refractivity contribution in [2.24, 2.45) is 7.05 Å². The molecule has 0 fully saturated rings. The third kappa shape index (κ3) is 4.02. The molecule has 0 bridgehead atoms. The molecule has 0 spiro atoms. The molecule has 35 heavy (non-hydrogen) atoms. The number of nitrogen functional groups attached to an aromatic ring is 1. The second kappa shape index (κ2) is 8.69. The van der Waals surface area contributed by atoms with E-state index in [1.54, 1.807) is 11.6 Å². The lowest BCUT2D eigenvalue weighted by Gasteiger charge is -2.15. The quantitative estimate of drug-likeness (QED) is 0.255. The summed E-state index contributed by atoms with van der Waals surface area (Å²) in [5, 5.41) is 18.3. The molecule has 1 aromatic carbocycles. The van der Waals surface area contributed by atoms with E-state index in [-0.39, 0.29) is 0 Å². The number of nitrogens with zero attached hydrogens (tertiary/aromatic N) is 6. The smallest absolute Gasteiger partial charge is 0.153 e. The summed E-state index contributed by atoms with van der Waals surface area (Å²) in [5.74, 6) is 1.13. The second-order valence-corrected chi connectivity index (χ2v) is 8.52. The van der Waals surface area contributed by atoms with Gasteiger partial charge in [0.2, 0.25) is 0 Å². The summed E-state index contributed by atoms with van der Waals surface area (Å²) in [5.41, 5.74) is 13.1. The zero-order valence-corrected chi connectivity index (χ0v) is 19.8. The molecule has 0 radical (unpaired) electrons. The van der Waals surface area contributed by atoms with Gasteiger partial charge in [-0.05, 0) is 55.3 Å². The number of hydrogen-bond donors (Lipinski definition) is 3. The van der Waals surface area contributed by atoms with Gasteiger partial charge in [-0.15, -0.1) is 0 Å². The Hall–Kier alpha value is -4.50. The van der Waals surface area contributed by atoms with E-state index in [1.807, 2.05) is 73.4 Å². The highest BCUT2D eigenvalue weighted by atomic mass is 16.3. The molecule has 0 saturated carbocycles. The standard InChI is InChI=1S/C26H26N8O/c1-15(2)26(35)31-19-8-5-17(6-9-19)23-21(22-24(27)29-14-30-25(22)33(23)4)18-7-10-20(28-13-18)34-12-11-16(3)32-34/h5-14,26,31,35H,1H2,2-4H3,(H2,27,29,30). The highest BCUT2D eigenvalue weighted by Crippen LogP contribution is 2.41. The number of fused-ring (bicyclic) bond motifs is 1. The summed E-state index contributed by atoms with van der Waals surface area (Å²) < 4.78 is 3.75. The molecule has 4 heterocycles. The average Bonchev–Trinajstić information content (AvgIpc) is 3.41. The Morgan fingerprint density at radius 1 is 1.06 bits per heavy atom. The molecular formula is C26H26N8O. The largest absolute Gasteiger partial charge is 0.383 e. The molecule has 5 rings (SSSR count). The van der Waals surface area contributed by atoms with Gasteiger partial charge in [-0.2, -0.15) is 5.10 Å². The molecular weight excluding hydrogens is 440 g/mol. The lowest BCUT2D eigenvalue weighted by molar-refractivity contribution is 0.240. The van der Waals surface area contributed by atoms with Crippen molar-refractivity contribution in [3.05, 3.63) is 79.0 Å². The molecule has 176 valence electrons.